The smallest absolute Gasteiger partial charge is 0.266 e. The van der Waals surface area contributed by atoms with Crippen LogP contribution in [-0.2, 0) is 21.2 Å². The standard InChI is InChI=1S/C15H13N3O5S/c19-11-4-1-9(2-5-11)15(21)17-18-24(22,23)12-6-3-10-7-14(20)16-13(10)8-12/h1-6,8,18-19H,7H2,(H,16,20)(H,17,21). The summed E-state index contributed by atoms with van der Waals surface area (Å²) in [5.74, 6) is -0.881. The molecule has 1 heterocycles. The number of carbonyl (C=O) groups is 2. The molecule has 0 radical (unpaired) electrons. The zero-order valence-corrected chi connectivity index (χ0v) is 13.1. The minimum absolute atomic E-state index is 0.00711. The Morgan fingerprint density at radius 2 is 1.83 bits per heavy atom. The van der Waals surface area contributed by atoms with Crippen LogP contribution >= 0.6 is 0 Å². The highest BCUT2D eigenvalue weighted by molar-refractivity contribution is 7.89. The van der Waals surface area contributed by atoms with E-state index in [0.29, 0.717) is 11.3 Å². The number of fused-ring (bicyclic) bond motifs is 1. The van der Waals surface area contributed by atoms with Crippen molar-refractivity contribution in [2.45, 2.75) is 11.3 Å². The number of anilines is 1. The van der Waals surface area contributed by atoms with Crippen LogP contribution in [0.3, 0.4) is 0 Å². The van der Waals surface area contributed by atoms with Crippen molar-refractivity contribution in [2.75, 3.05) is 5.32 Å². The Balaban J connectivity index is 1.72. The second kappa shape index (κ2) is 5.95. The molecule has 1 aliphatic rings. The second-order valence-electron chi connectivity index (χ2n) is 5.15. The van der Waals surface area contributed by atoms with E-state index < -0.39 is 15.9 Å². The van der Waals surface area contributed by atoms with Crippen LogP contribution in [0.15, 0.2) is 47.4 Å². The van der Waals surface area contributed by atoms with Crippen LogP contribution in [0.25, 0.3) is 0 Å². The number of benzene rings is 2. The highest BCUT2D eigenvalue weighted by Crippen LogP contribution is 2.25. The Bertz CT molecular complexity index is 923. The van der Waals surface area contributed by atoms with Gasteiger partial charge >= 0.3 is 0 Å². The third-order valence-corrected chi connectivity index (χ3v) is 4.69. The second-order valence-corrected chi connectivity index (χ2v) is 6.83. The number of carbonyl (C=O) groups excluding carboxylic acids is 2. The molecule has 124 valence electrons. The van der Waals surface area contributed by atoms with Crippen molar-refractivity contribution in [3.05, 3.63) is 53.6 Å². The predicted molar refractivity (Wildman–Crippen MR) is 84.7 cm³/mol. The van der Waals surface area contributed by atoms with Crippen molar-refractivity contribution in [1.82, 2.24) is 10.3 Å². The summed E-state index contributed by atoms with van der Waals surface area (Å²) in [6, 6.07) is 9.56. The molecule has 0 fully saturated rings. The van der Waals surface area contributed by atoms with E-state index in [-0.39, 0.29) is 28.5 Å². The molecule has 1 aliphatic heterocycles. The van der Waals surface area contributed by atoms with Crippen LogP contribution in [0.5, 0.6) is 5.75 Å². The van der Waals surface area contributed by atoms with Crippen LogP contribution in [-0.4, -0.2) is 25.3 Å². The Labute approximate surface area is 137 Å². The van der Waals surface area contributed by atoms with Gasteiger partial charge < -0.3 is 10.4 Å². The van der Waals surface area contributed by atoms with Crippen molar-refractivity contribution in [2.24, 2.45) is 0 Å². The largest absolute Gasteiger partial charge is 0.508 e. The number of sulfonamides is 1. The maximum atomic E-state index is 12.2. The maximum absolute atomic E-state index is 12.2. The topological polar surface area (TPSA) is 125 Å². The van der Waals surface area contributed by atoms with Gasteiger partial charge in [0.2, 0.25) is 5.91 Å². The lowest BCUT2D eigenvalue weighted by molar-refractivity contribution is -0.115. The average Bonchev–Trinajstić information content (AvgIpc) is 2.92. The molecule has 2 amide bonds. The van der Waals surface area contributed by atoms with Crippen LogP contribution < -0.4 is 15.6 Å². The van der Waals surface area contributed by atoms with Crippen molar-refractivity contribution in [1.29, 1.82) is 0 Å². The van der Waals surface area contributed by atoms with E-state index in [0.717, 1.165) is 0 Å². The van der Waals surface area contributed by atoms with E-state index in [4.69, 9.17) is 5.11 Å². The van der Waals surface area contributed by atoms with E-state index in [1.807, 2.05) is 4.83 Å². The number of hydrazine groups is 1. The van der Waals surface area contributed by atoms with E-state index in [1.54, 1.807) is 6.07 Å². The van der Waals surface area contributed by atoms with Crippen molar-refractivity contribution >= 4 is 27.5 Å². The van der Waals surface area contributed by atoms with Crippen molar-refractivity contribution < 1.29 is 23.1 Å². The normalized spacial score (nSPS) is 13.2. The van der Waals surface area contributed by atoms with Crippen LogP contribution in [0.2, 0.25) is 0 Å². The minimum Gasteiger partial charge on any atom is -0.508 e. The van der Waals surface area contributed by atoms with E-state index in [2.05, 4.69) is 10.7 Å². The van der Waals surface area contributed by atoms with Gasteiger partial charge in [0, 0.05) is 11.3 Å². The first kappa shape index (κ1) is 16.0. The van der Waals surface area contributed by atoms with E-state index >= 15 is 0 Å². The summed E-state index contributed by atoms with van der Waals surface area (Å²) < 4.78 is 24.4. The summed E-state index contributed by atoms with van der Waals surface area (Å²) >= 11 is 0. The lowest BCUT2D eigenvalue weighted by Gasteiger charge is -2.09. The molecule has 2 aromatic rings. The van der Waals surface area contributed by atoms with Gasteiger partial charge in [0.15, 0.2) is 0 Å². The van der Waals surface area contributed by atoms with Gasteiger partial charge in [0.25, 0.3) is 15.9 Å². The van der Waals surface area contributed by atoms with E-state index in [9.17, 15) is 18.0 Å². The van der Waals surface area contributed by atoms with Gasteiger partial charge in [-0.15, -0.1) is 4.83 Å². The lowest BCUT2D eigenvalue weighted by Crippen LogP contribution is -2.41. The summed E-state index contributed by atoms with van der Waals surface area (Å²) in [5, 5.41) is 11.7. The maximum Gasteiger partial charge on any atom is 0.266 e. The first-order valence-electron chi connectivity index (χ1n) is 6.89. The SMILES string of the molecule is O=C1Cc2ccc(S(=O)(=O)NNC(=O)c3ccc(O)cc3)cc2N1. The Hall–Kier alpha value is -2.91. The molecule has 3 rings (SSSR count). The monoisotopic (exact) mass is 347 g/mol. The van der Waals surface area contributed by atoms with Gasteiger partial charge in [-0.05, 0) is 42.0 Å². The van der Waals surface area contributed by atoms with Gasteiger partial charge in [-0.25, -0.2) is 8.42 Å². The average molecular weight is 347 g/mol. The number of hydrogen-bond acceptors (Lipinski definition) is 5. The zero-order chi connectivity index (χ0) is 17.3. The Morgan fingerprint density at radius 3 is 2.54 bits per heavy atom. The van der Waals surface area contributed by atoms with Crippen LogP contribution in [0.1, 0.15) is 15.9 Å². The van der Waals surface area contributed by atoms with Gasteiger partial charge in [-0.2, -0.15) is 0 Å². The van der Waals surface area contributed by atoms with Crippen LogP contribution in [0, 0.1) is 0 Å². The number of amides is 2. The van der Waals surface area contributed by atoms with Crippen molar-refractivity contribution in [3.8, 4) is 5.75 Å². The first-order chi connectivity index (χ1) is 11.3. The molecule has 0 aromatic heterocycles. The fourth-order valence-electron chi connectivity index (χ4n) is 2.22. The summed E-state index contributed by atoms with van der Waals surface area (Å²) in [7, 11) is -3.99. The third kappa shape index (κ3) is 3.21. The highest BCUT2D eigenvalue weighted by Gasteiger charge is 2.22. The molecule has 0 spiro atoms. The summed E-state index contributed by atoms with van der Waals surface area (Å²) in [5.41, 5.74) is 3.42. The lowest BCUT2D eigenvalue weighted by atomic mass is 10.2. The Morgan fingerprint density at radius 1 is 1.12 bits per heavy atom. The summed E-state index contributed by atoms with van der Waals surface area (Å²) in [4.78, 5) is 25.1. The Kier molecular flexibility index (Phi) is 3.96. The molecule has 9 heteroatoms. The van der Waals surface area contributed by atoms with Gasteiger partial charge in [0.1, 0.15) is 5.75 Å². The number of aromatic hydroxyl groups is 1. The summed E-state index contributed by atoms with van der Waals surface area (Å²) in [6.07, 6.45) is 0.209. The molecular weight excluding hydrogens is 334 g/mol. The fourth-order valence-corrected chi connectivity index (χ4v) is 3.08. The summed E-state index contributed by atoms with van der Waals surface area (Å²) in [6.45, 7) is 0. The number of nitrogens with one attached hydrogen (secondary N) is 3. The fraction of sp³-hybridized carbons (Fsp3) is 0.0667. The van der Waals surface area contributed by atoms with Gasteiger partial charge in [-0.1, -0.05) is 6.07 Å². The van der Waals surface area contributed by atoms with E-state index in [1.165, 1.54) is 36.4 Å². The minimum atomic E-state index is -3.99. The number of rotatable bonds is 4. The molecule has 0 aliphatic carbocycles. The highest BCUT2D eigenvalue weighted by atomic mass is 32.2. The predicted octanol–water partition coefficient (Wildman–Crippen LogP) is 0.510. The van der Waals surface area contributed by atoms with Crippen LogP contribution in [0.4, 0.5) is 5.69 Å². The zero-order valence-electron chi connectivity index (χ0n) is 12.2. The van der Waals surface area contributed by atoms with Gasteiger partial charge in [-0.3, -0.25) is 15.0 Å². The third-order valence-electron chi connectivity index (χ3n) is 3.45. The first-order valence-corrected chi connectivity index (χ1v) is 8.37. The molecule has 0 saturated heterocycles. The molecule has 0 atom stereocenters. The molecule has 4 N–H and O–H groups in total. The number of hydrogen-bond donors (Lipinski definition) is 4. The number of phenolic OH excluding ortho intramolecular Hbond substituents is 1. The van der Waals surface area contributed by atoms with Crippen molar-refractivity contribution in [3.63, 3.8) is 0 Å². The molecule has 24 heavy (non-hydrogen) atoms. The molecular formula is C15H13N3O5S. The molecule has 2 aromatic carbocycles. The molecule has 0 bridgehead atoms. The number of phenols is 1. The quantitative estimate of drug-likeness (QED) is 0.600. The molecule has 8 nitrogen and oxygen atoms in total. The van der Waals surface area contributed by atoms with Gasteiger partial charge in [0.05, 0.1) is 11.3 Å². The molecule has 0 unspecified atom stereocenters. The molecule has 0 saturated carbocycles.